The second kappa shape index (κ2) is 5.83. The molecule has 0 aromatic carbocycles. The molecule has 3 unspecified atom stereocenters. The van der Waals surface area contributed by atoms with Gasteiger partial charge in [0.25, 0.3) is 0 Å². The van der Waals surface area contributed by atoms with Crippen LogP contribution in [0.15, 0.2) is 17.5 Å². The number of aliphatic hydroxyl groups is 1. The molecule has 1 heterocycles. The molecule has 3 atom stereocenters. The molecule has 1 aliphatic rings. The van der Waals surface area contributed by atoms with Crippen LogP contribution in [0.25, 0.3) is 0 Å². The van der Waals surface area contributed by atoms with Crippen molar-refractivity contribution < 1.29 is 5.11 Å². The fourth-order valence-corrected chi connectivity index (χ4v) is 3.54. The van der Waals surface area contributed by atoms with Crippen LogP contribution >= 0.6 is 11.3 Å². The number of hydrogen-bond donors (Lipinski definition) is 1. The minimum atomic E-state index is -0.0788. The molecule has 1 fully saturated rings. The Morgan fingerprint density at radius 3 is 3.06 bits per heavy atom. The maximum atomic E-state index is 10.2. The molecule has 0 aliphatic heterocycles. The molecule has 0 saturated heterocycles. The highest BCUT2D eigenvalue weighted by atomic mass is 32.1. The molecular weight excluding hydrogens is 216 g/mol. The smallest absolute Gasteiger partial charge is 0.0572 e. The second-order valence-corrected chi connectivity index (χ2v) is 6.25. The van der Waals surface area contributed by atoms with Crippen molar-refractivity contribution in [3.63, 3.8) is 0 Å². The van der Waals surface area contributed by atoms with Crippen LogP contribution in [0.2, 0.25) is 0 Å². The summed E-state index contributed by atoms with van der Waals surface area (Å²) in [6.45, 7) is 2.32. The van der Waals surface area contributed by atoms with Crippen molar-refractivity contribution >= 4 is 11.3 Å². The number of thiophene rings is 1. The van der Waals surface area contributed by atoms with Gasteiger partial charge < -0.3 is 5.11 Å². The van der Waals surface area contributed by atoms with Crippen LogP contribution in [-0.2, 0) is 6.42 Å². The Hall–Kier alpha value is -0.340. The van der Waals surface area contributed by atoms with E-state index in [9.17, 15) is 5.11 Å². The molecule has 1 aromatic rings. The number of hydrogen-bond acceptors (Lipinski definition) is 2. The molecule has 1 N–H and O–H groups in total. The van der Waals surface area contributed by atoms with E-state index in [1.54, 1.807) is 11.3 Å². The van der Waals surface area contributed by atoms with Gasteiger partial charge in [0.1, 0.15) is 0 Å². The predicted molar refractivity (Wildman–Crippen MR) is 69.8 cm³/mol. The van der Waals surface area contributed by atoms with Crippen LogP contribution in [0.3, 0.4) is 0 Å². The summed E-state index contributed by atoms with van der Waals surface area (Å²) in [7, 11) is 0. The largest absolute Gasteiger partial charge is 0.393 e. The van der Waals surface area contributed by atoms with Gasteiger partial charge in [-0.1, -0.05) is 25.8 Å². The third-order valence-corrected chi connectivity index (χ3v) is 4.72. The Balaban J connectivity index is 1.76. The summed E-state index contributed by atoms with van der Waals surface area (Å²) in [6.07, 6.45) is 7.03. The van der Waals surface area contributed by atoms with Crippen molar-refractivity contribution in [2.45, 2.75) is 51.6 Å². The monoisotopic (exact) mass is 238 g/mol. The zero-order chi connectivity index (χ0) is 11.4. The van der Waals surface area contributed by atoms with E-state index in [-0.39, 0.29) is 6.10 Å². The third kappa shape index (κ3) is 3.33. The zero-order valence-corrected chi connectivity index (χ0v) is 10.9. The van der Waals surface area contributed by atoms with Gasteiger partial charge in [-0.2, -0.15) is 0 Å². The van der Waals surface area contributed by atoms with E-state index < -0.39 is 0 Å². The Morgan fingerprint density at radius 1 is 1.50 bits per heavy atom. The van der Waals surface area contributed by atoms with Crippen molar-refractivity contribution in [2.75, 3.05) is 0 Å². The fraction of sp³-hybridized carbons (Fsp3) is 0.714. The first-order valence-electron chi connectivity index (χ1n) is 6.46. The third-order valence-electron chi connectivity index (χ3n) is 3.79. The van der Waals surface area contributed by atoms with E-state index in [1.165, 1.54) is 30.6 Å². The van der Waals surface area contributed by atoms with Crippen LogP contribution in [0.5, 0.6) is 0 Å². The number of aliphatic hydroxyl groups excluding tert-OH is 1. The molecule has 0 radical (unpaired) electrons. The number of rotatable bonds is 4. The summed E-state index contributed by atoms with van der Waals surface area (Å²) in [5.74, 6) is 1.37. The van der Waals surface area contributed by atoms with E-state index in [0.29, 0.717) is 5.92 Å². The molecule has 2 heteroatoms. The molecule has 90 valence electrons. The van der Waals surface area contributed by atoms with Crippen LogP contribution < -0.4 is 0 Å². The van der Waals surface area contributed by atoms with E-state index in [0.717, 1.165) is 18.8 Å². The zero-order valence-electron chi connectivity index (χ0n) is 10.1. The van der Waals surface area contributed by atoms with Crippen LogP contribution in [0.4, 0.5) is 0 Å². The lowest BCUT2D eigenvalue weighted by Gasteiger charge is -2.30. The van der Waals surface area contributed by atoms with Gasteiger partial charge >= 0.3 is 0 Å². The molecule has 1 nitrogen and oxygen atoms in total. The van der Waals surface area contributed by atoms with Gasteiger partial charge in [-0.05, 0) is 49.0 Å². The Kier molecular flexibility index (Phi) is 4.42. The summed E-state index contributed by atoms with van der Waals surface area (Å²) < 4.78 is 0. The maximum Gasteiger partial charge on any atom is 0.0572 e. The molecule has 0 amide bonds. The van der Waals surface area contributed by atoms with Crippen molar-refractivity contribution in [3.8, 4) is 0 Å². The first kappa shape index (κ1) is 12.1. The molecule has 0 bridgehead atoms. The van der Waals surface area contributed by atoms with Crippen molar-refractivity contribution in [1.82, 2.24) is 0 Å². The van der Waals surface area contributed by atoms with Gasteiger partial charge in [0.15, 0.2) is 0 Å². The van der Waals surface area contributed by atoms with E-state index in [4.69, 9.17) is 0 Å². The first-order valence-corrected chi connectivity index (χ1v) is 7.34. The topological polar surface area (TPSA) is 20.2 Å². The molecule has 2 rings (SSSR count). The predicted octanol–water partition coefficient (Wildman–Crippen LogP) is 3.87. The average Bonchev–Trinajstić information content (AvgIpc) is 2.78. The Morgan fingerprint density at radius 2 is 2.38 bits per heavy atom. The van der Waals surface area contributed by atoms with E-state index in [1.807, 2.05) is 0 Å². The van der Waals surface area contributed by atoms with Gasteiger partial charge in [-0.15, -0.1) is 11.3 Å². The van der Waals surface area contributed by atoms with Crippen LogP contribution in [0, 0.1) is 11.8 Å². The molecule has 0 spiro atoms. The Labute approximate surface area is 103 Å². The van der Waals surface area contributed by atoms with Crippen molar-refractivity contribution in [3.05, 3.63) is 22.4 Å². The molecule has 16 heavy (non-hydrogen) atoms. The minimum absolute atomic E-state index is 0.0788. The summed E-state index contributed by atoms with van der Waals surface area (Å²) in [5.41, 5.74) is 0. The summed E-state index contributed by atoms with van der Waals surface area (Å²) >= 11 is 1.80. The van der Waals surface area contributed by atoms with Gasteiger partial charge in [0, 0.05) is 4.88 Å². The molecular formula is C14H22OS. The van der Waals surface area contributed by atoms with Gasteiger partial charge in [0.05, 0.1) is 6.10 Å². The normalized spacial score (nSPS) is 27.9. The average molecular weight is 238 g/mol. The fourth-order valence-electron chi connectivity index (χ4n) is 2.81. The van der Waals surface area contributed by atoms with Crippen LogP contribution in [0.1, 0.15) is 43.9 Å². The molecule has 1 saturated carbocycles. The van der Waals surface area contributed by atoms with Gasteiger partial charge in [-0.25, -0.2) is 0 Å². The lowest BCUT2D eigenvalue weighted by molar-refractivity contribution is 0.0653. The SMILES string of the molecule is CC1CCCC(C(O)CCc2cccs2)C1. The number of aryl methyl sites for hydroxylation is 1. The van der Waals surface area contributed by atoms with Crippen LogP contribution in [-0.4, -0.2) is 11.2 Å². The van der Waals surface area contributed by atoms with Gasteiger partial charge in [0.2, 0.25) is 0 Å². The highest BCUT2D eigenvalue weighted by Gasteiger charge is 2.24. The lowest BCUT2D eigenvalue weighted by Crippen LogP contribution is -2.26. The van der Waals surface area contributed by atoms with Crippen molar-refractivity contribution in [2.24, 2.45) is 11.8 Å². The highest BCUT2D eigenvalue weighted by Crippen LogP contribution is 2.32. The summed E-state index contributed by atoms with van der Waals surface area (Å²) in [4.78, 5) is 1.41. The second-order valence-electron chi connectivity index (χ2n) is 5.22. The van der Waals surface area contributed by atoms with E-state index in [2.05, 4.69) is 24.4 Å². The summed E-state index contributed by atoms with van der Waals surface area (Å²) in [6, 6.07) is 4.26. The first-order chi connectivity index (χ1) is 7.75. The molecule has 1 aliphatic carbocycles. The van der Waals surface area contributed by atoms with Gasteiger partial charge in [-0.3, -0.25) is 0 Å². The van der Waals surface area contributed by atoms with Crippen molar-refractivity contribution in [1.29, 1.82) is 0 Å². The van der Waals surface area contributed by atoms with E-state index >= 15 is 0 Å². The minimum Gasteiger partial charge on any atom is -0.393 e. The molecule has 1 aromatic heterocycles. The standard InChI is InChI=1S/C14H22OS/c1-11-4-2-5-12(10-11)14(15)8-7-13-6-3-9-16-13/h3,6,9,11-12,14-15H,2,4-5,7-8,10H2,1H3. The quantitative estimate of drug-likeness (QED) is 0.844. The highest BCUT2D eigenvalue weighted by molar-refractivity contribution is 7.09. The maximum absolute atomic E-state index is 10.2. The lowest BCUT2D eigenvalue weighted by atomic mass is 9.78. The Bertz CT molecular complexity index is 294. The summed E-state index contributed by atoms with van der Waals surface area (Å²) in [5, 5.41) is 12.3.